The minimum Gasteiger partial charge on any atom is -0.481 e. The molecule has 5 heteroatoms. The summed E-state index contributed by atoms with van der Waals surface area (Å²) in [6.45, 7) is 4.95. The van der Waals surface area contributed by atoms with Crippen LogP contribution in [-0.2, 0) is 4.79 Å². The van der Waals surface area contributed by atoms with Gasteiger partial charge in [-0.15, -0.1) is 0 Å². The highest BCUT2D eigenvalue weighted by atomic mass is 16.4. The molecule has 1 unspecified atom stereocenters. The van der Waals surface area contributed by atoms with Crippen LogP contribution in [0.2, 0.25) is 0 Å². The average Bonchev–Trinajstić information content (AvgIpc) is 2.45. The SMILES string of the molecule is CCCCCCCCCCNC(=O)NCCC(C)C(=O)O. The molecule has 0 aliphatic carbocycles. The maximum absolute atomic E-state index is 11.4. The van der Waals surface area contributed by atoms with Crippen molar-refractivity contribution >= 4 is 12.0 Å². The van der Waals surface area contributed by atoms with Crippen molar-refractivity contribution in [1.29, 1.82) is 0 Å². The number of aliphatic carboxylic acids is 1. The monoisotopic (exact) mass is 300 g/mol. The molecule has 0 aromatic heterocycles. The van der Waals surface area contributed by atoms with E-state index >= 15 is 0 Å². The molecule has 0 aromatic carbocycles. The van der Waals surface area contributed by atoms with Crippen LogP contribution in [0.3, 0.4) is 0 Å². The summed E-state index contributed by atoms with van der Waals surface area (Å²) in [4.78, 5) is 22.0. The summed E-state index contributed by atoms with van der Waals surface area (Å²) in [5.41, 5.74) is 0. The molecule has 2 amide bonds. The normalized spacial score (nSPS) is 11.9. The van der Waals surface area contributed by atoms with Gasteiger partial charge in [0, 0.05) is 13.1 Å². The van der Waals surface area contributed by atoms with E-state index in [1.54, 1.807) is 6.92 Å². The lowest BCUT2D eigenvalue weighted by molar-refractivity contribution is -0.141. The Morgan fingerprint density at radius 1 is 0.905 bits per heavy atom. The minimum atomic E-state index is -0.823. The van der Waals surface area contributed by atoms with Gasteiger partial charge in [0.2, 0.25) is 0 Å². The molecular formula is C16H32N2O3. The zero-order valence-corrected chi connectivity index (χ0v) is 13.6. The van der Waals surface area contributed by atoms with Gasteiger partial charge in [-0.3, -0.25) is 4.79 Å². The van der Waals surface area contributed by atoms with Crippen molar-refractivity contribution in [2.75, 3.05) is 13.1 Å². The molecule has 0 fully saturated rings. The molecule has 0 bridgehead atoms. The second-order valence-electron chi connectivity index (χ2n) is 5.69. The van der Waals surface area contributed by atoms with Gasteiger partial charge in [0.25, 0.3) is 0 Å². The minimum absolute atomic E-state index is 0.199. The fourth-order valence-corrected chi connectivity index (χ4v) is 2.05. The van der Waals surface area contributed by atoms with Crippen LogP contribution in [0.15, 0.2) is 0 Å². The first kappa shape index (κ1) is 19.7. The molecule has 0 aliphatic rings. The van der Waals surface area contributed by atoms with Gasteiger partial charge >= 0.3 is 12.0 Å². The van der Waals surface area contributed by atoms with Crippen LogP contribution in [0.25, 0.3) is 0 Å². The second-order valence-corrected chi connectivity index (χ2v) is 5.69. The van der Waals surface area contributed by atoms with E-state index in [2.05, 4.69) is 17.6 Å². The predicted octanol–water partition coefficient (Wildman–Crippen LogP) is 3.54. The van der Waals surface area contributed by atoms with Crippen LogP contribution in [0.1, 0.15) is 71.6 Å². The van der Waals surface area contributed by atoms with Gasteiger partial charge < -0.3 is 15.7 Å². The highest BCUT2D eigenvalue weighted by Gasteiger charge is 2.10. The molecule has 3 N–H and O–H groups in total. The smallest absolute Gasteiger partial charge is 0.314 e. The van der Waals surface area contributed by atoms with Crippen LogP contribution >= 0.6 is 0 Å². The highest BCUT2D eigenvalue weighted by molar-refractivity contribution is 5.74. The first-order chi connectivity index (χ1) is 10.1. The lowest BCUT2D eigenvalue weighted by Crippen LogP contribution is -2.37. The molecule has 0 rings (SSSR count). The van der Waals surface area contributed by atoms with Gasteiger partial charge in [0.05, 0.1) is 5.92 Å². The maximum Gasteiger partial charge on any atom is 0.314 e. The number of carbonyl (C=O) groups is 2. The number of rotatable bonds is 13. The van der Waals surface area contributed by atoms with Gasteiger partial charge in [-0.05, 0) is 12.8 Å². The summed E-state index contributed by atoms with van der Waals surface area (Å²) < 4.78 is 0. The van der Waals surface area contributed by atoms with Gasteiger partial charge in [0.1, 0.15) is 0 Å². The first-order valence-corrected chi connectivity index (χ1v) is 8.32. The summed E-state index contributed by atoms with van der Waals surface area (Å²) in [5, 5.41) is 14.2. The number of carboxylic acids is 1. The molecule has 5 nitrogen and oxygen atoms in total. The number of urea groups is 1. The Hall–Kier alpha value is -1.26. The molecule has 124 valence electrons. The number of carbonyl (C=O) groups excluding carboxylic acids is 1. The van der Waals surface area contributed by atoms with Crippen molar-refractivity contribution in [2.24, 2.45) is 5.92 Å². The number of amides is 2. The third kappa shape index (κ3) is 13.5. The molecule has 21 heavy (non-hydrogen) atoms. The Labute approximate surface area is 128 Å². The van der Waals surface area contributed by atoms with Crippen LogP contribution in [0, 0.1) is 5.92 Å². The Balaban J connectivity index is 3.28. The summed E-state index contributed by atoms with van der Waals surface area (Å²) in [5.74, 6) is -1.24. The van der Waals surface area contributed by atoms with Crippen molar-refractivity contribution < 1.29 is 14.7 Å². The Morgan fingerprint density at radius 2 is 1.43 bits per heavy atom. The van der Waals surface area contributed by atoms with E-state index in [1.807, 2.05) is 0 Å². The lowest BCUT2D eigenvalue weighted by atomic mass is 10.1. The lowest BCUT2D eigenvalue weighted by Gasteiger charge is -2.09. The molecule has 0 aliphatic heterocycles. The molecular weight excluding hydrogens is 268 g/mol. The van der Waals surface area contributed by atoms with Crippen LogP contribution in [0.4, 0.5) is 4.79 Å². The third-order valence-electron chi connectivity index (χ3n) is 3.60. The summed E-state index contributed by atoms with van der Waals surface area (Å²) in [6.07, 6.45) is 10.4. The van der Waals surface area contributed by atoms with Crippen molar-refractivity contribution in [3.63, 3.8) is 0 Å². The quantitative estimate of drug-likeness (QED) is 0.455. The molecule has 0 saturated carbocycles. The third-order valence-corrected chi connectivity index (χ3v) is 3.60. The fourth-order valence-electron chi connectivity index (χ4n) is 2.05. The van der Waals surface area contributed by atoms with E-state index in [1.165, 1.54) is 38.5 Å². The molecule has 0 aromatic rings. The van der Waals surface area contributed by atoms with Crippen LogP contribution in [0.5, 0.6) is 0 Å². The topological polar surface area (TPSA) is 78.4 Å². The van der Waals surface area contributed by atoms with Gasteiger partial charge in [-0.2, -0.15) is 0 Å². The van der Waals surface area contributed by atoms with Crippen molar-refractivity contribution in [3.05, 3.63) is 0 Å². The van der Waals surface area contributed by atoms with E-state index in [9.17, 15) is 9.59 Å². The number of nitrogens with one attached hydrogen (secondary N) is 2. The van der Waals surface area contributed by atoms with E-state index in [4.69, 9.17) is 5.11 Å². The summed E-state index contributed by atoms with van der Waals surface area (Å²) >= 11 is 0. The van der Waals surface area contributed by atoms with Crippen LogP contribution in [-0.4, -0.2) is 30.2 Å². The van der Waals surface area contributed by atoms with Crippen LogP contribution < -0.4 is 10.6 Å². The molecule has 0 saturated heterocycles. The molecule has 0 heterocycles. The first-order valence-electron chi connectivity index (χ1n) is 8.32. The standard InChI is InChI=1S/C16H32N2O3/c1-3-4-5-6-7-8-9-10-12-17-16(21)18-13-11-14(2)15(19)20/h14H,3-13H2,1-2H3,(H,19,20)(H2,17,18,21). The Bertz CT molecular complexity index is 283. The summed E-state index contributed by atoms with van der Waals surface area (Å²) in [7, 11) is 0. The predicted molar refractivity (Wildman–Crippen MR) is 85.4 cm³/mol. The average molecular weight is 300 g/mol. The van der Waals surface area contributed by atoms with Crippen molar-refractivity contribution in [2.45, 2.75) is 71.6 Å². The van der Waals surface area contributed by atoms with E-state index in [0.29, 0.717) is 19.5 Å². The zero-order valence-electron chi connectivity index (χ0n) is 13.6. The molecule has 0 spiro atoms. The highest BCUT2D eigenvalue weighted by Crippen LogP contribution is 2.07. The number of unbranched alkanes of at least 4 members (excludes halogenated alkanes) is 7. The number of hydrogen-bond acceptors (Lipinski definition) is 2. The Morgan fingerprint density at radius 3 is 2.00 bits per heavy atom. The van der Waals surface area contributed by atoms with Gasteiger partial charge in [-0.1, -0.05) is 58.8 Å². The number of hydrogen-bond donors (Lipinski definition) is 3. The van der Waals surface area contributed by atoms with E-state index < -0.39 is 11.9 Å². The Kier molecular flexibility index (Phi) is 12.9. The van der Waals surface area contributed by atoms with E-state index in [-0.39, 0.29) is 6.03 Å². The van der Waals surface area contributed by atoms with Crippen molar-refractivity contribution in [3.8, 4) is 0 Å². The maximum atomic E-state index is 11.4. The zero-order chi connectivity index (χ0) is 15.9. The largest absolute Gasteiger partial charge is 0.481 e. The summed E-state index contributed by atoms with van der Waals surface area (Å²) in [6, 6.07) is -0.199. The molecule has 1 atom stereocenters. The van der Waals surface area contributed by atoms with Gasteiger partial charge in [-0.25, -0.2) is 4.79 Å². The van der Waals surface area contributed by atoms with Gasteiger partial charge in [0.15, 0.2) is 0 Å². The van der Waals surface area contributed by atoms with E-state index in [0.717, 1.165) is 12.8 Å². The second kappa shape index (κ2) is 13.7. The molecule has 0 radical (unpaired) electrons. The number of carboxylic acid groups (broad SMARTS) is 1. The fraction of sp³-hybridized carbons (Fsp3) is 0.875. The van der Waals surface area contributed by atoms with Crippen molar-refractivity contribution in [1.82, 2.24) is 10.6 Å².